The first-order chi connectivity index (χ1) is 8.32. The zero-order chi connectivity index (χ0) is 15.4. The summed E-state index contributed by atoms with van der Waals surface area (Å²) in [5.74, 6) is -0.518. The van der Waals surface area contributed by atoms with Gasteiger partial charge in [-0.1, -0.05) is 19.6 Å². The van der Waals surface area contributed by atoms with Crippen molar-refractivity contribution in [3.63, 3.8) is 0 Å². The lowest BCUT2D eigenvalue weighted by molar-refractivity contribution is -0.139. The first-order valence-electron chi connectivity index (χ1n) is 6.63. The predicted molar refractivity (Wildman–Crippen MR) is 83.0 cm³/mol. The van der Waals surface area contributed by atoms with Crippen molar-refractivity contribution in [3.8, 4) is 0 Å². The van der Waals surface area contributed by atoms with Gasteiger partial charge in [-0.25, -0.2) is 0 Å². The normalized spacial score (nSPS) is 15.6. The molecule has 7 heteroatoms. The van der Waals surface area contributed by atoms with Gasteiger partial charge in [0.15, 0.2) is 0 Å². The molecule has 112 valence electrons. The van der Waals surface area contributed by atoms with Crippen molar-refractivity contribution in [3.05, 3.63) is 0 Å². The highest BCUT2D eigenvalue weighted by Crippen LogP contribution is 2.05. The molecule has 0 unspecified atom stereocenters. The Balaban J connectivity index is 4.37. The molecular formula is C12H28N2O3Si2. The Bertz CT molecular complexity index is 335. The minimum Gasteiger partial charge on any atom is -0.518 e. The summed E-state index contributed by atoms with van der Waals surface area (Å²) in [5.41, 5.74) is 0. The van der Waals surface area contributed by atoms with E-state index in [2.05, 4.69) is 29.9 Å². The molecule has 5 nitrogen and oxygen atoms in total. The fraction of sp³-hybridized carbons (Fsp3) is 0.833. The van der Waals surface area contributed by atoms with E-state index < -0.39 is 22.6 Å². The average Bonchev–Trinajstić information content (AvgIpc) is 2.11. The van der Waals surface area contributed by atoms with Crippen molar-refractivity contribution < 1.29 is 14.0 Å². The molecule has 19 heavy (non-hydrogen) atoms. The SMILES string of the molecule is C[C@H](N[Si](C)(C)C)C(=O)N[C@@H](C)C(=O)O[Si](C)(C)C. The van der Waals surface area contributed by atoms with E-state index in [1.807, 2.05) is 26.6 Å². The molecule has 0 aliphatic heterocycles. The van der Waals surface area contributed by atoms with Gasteiger partial charge in [-0.2, -0.15) is 0 Å². The molecule has 0 radical (unpaired) electrons. The second-order valence-electron chi connectivity index (χ2n) is 6.88. The molecule has 0 saturated carbocycles. The van der Waals surface area contributed by atoms with E-state index in [1.165, 1.54) is 0 Å². The van der Waals surface area contributed by atoms with Gasteiger partial charge in [0.05, 0.1) is 6.04 Å². The highest BCUT2D eigenvalue weighted by atomic mass is 28.4. The fourth-order valence-corrected chi connectivity index (χ4v) is 3.71. The molecule has 0 spiro atoms. The maximum Gasteiger partial charge on any atom is 0.315 e. The van der Waals surface area contributed by atoms with Gasteiger partial charge in [0.25, 0.3) is 0 Å². The van der Waals surface area contributed by atoms with E-state index in [-0.39, 0.29) is 17.9 Å². The number of rotatable bonds is 6. The van der Waals surface area contributed by atoms with Crippen LogP contribution in [-0.2, 0) is 14.0 Å². The first-order valence-corrected chi connectivity index (χ1v) is 13.5. The molecule has 1 amide bonds. The highest BCUT2D eigenvalue weighted by Gasteiger charge is 2.27. The monoisotopic (exact) mass is 304 g/mol. The number of carbonyl (C=O) groups excluding carboxylic acids is 2. The van der Waals surface area contributed by atoms with Crippen molar-refractivity contribution in [1.82, 2.24) is 10.3 Å². The second kappa shape index (κ2) is 6.67. The topological polar surface area (TPSA) is 67.4 Å². The molecule has 0 fully saturated rings. The Morgan fingerprint density at radius 1 is 0.947 bits per heavy atom. The van der Waals surface area contributed by atoms with E-state index in [0.29, 0.717) is 0 Å². The molecule has 0 aromatic rings. The maximum atomic E-state index is 12.0. The first kappa shape index (κ1) is 18.3. The van der Waals surface area contributed by atoms with Crippen LogP contribution in [-0.4, -0.2) is 40.5 Å². The predicted octanol–water partition coefficient (Wildman–Crippen LogP) is 1.68. The number of nitrogens with one attached hydrogen (secondary N) is 2. The average molecular weight is 305 g/mol. The van der Waals surface area contributed by atoms with Gasteiger partial charge < -0.3 is 14.7 Å². The summed E-state index contributed by atoms with van der Waals surface area (Å²) in [6.45, 7) is 15.7. The largest absolute Gasteiger partial charge is 0.518 e. The lowest BCUT2D eigenvalue weighted by Crippen LogP contribution is -2.55. The Labute approximate surface area is 118 Å². The van der Waals surface area contributed by atoms with Gasteiger partial charge in [0, 0.05) is 0 Å². The van der Waals surface area contributed by atoms with E-state index >= 15 is 0 Å². The standard InChI is InChI=1S/C12H28N2O3Si2/c1-9(14-18(3,4)5)11(15)13-10(2)12(16)17-19(6,7)8/h9-10,14H,1-8H3,(H,13,15)/t9-,10-/m0/s1. The van der Waals surface area contributed by atoms with E-state index in [4.69, 9.17) is 4.43 Å². The zero-order valence-corrected chi connectivity index (χ0v) is 15.4. The molecule has 0 aromatic heterocycles. The van der Waals surface area contributed by atoms with Crippen molar-refractivity contribution in [2.45, 2.75) is 65.2 Å². The van der Waals surface area contributed by atoms with Crippen LogP contribution in [0, 0.1) is 0 Å². The molecule has 0 bridgehead atoms. The molecule has 0 saturated heterocycles. The summed E-state index contributed by atoms with van der Waals surface area (Å²) < 4.78 is 5.35. The summed E-state index contributed by atoms with van der Waals surface area (Å²) in [6.07, 6.45) is 0. The molecule has 0 heterocycles. The van der Waals surface area contributed by atoms with E-state index in [0.717, 1.165) is 0 Å². The van der Waals surface area contributed by atoms with Gasteiger partial charge in [-0.3, -0.25) is 9.59 Å². The fourth-order valence-electron chi connectivity index (χ4n) is 1.50. The van der Waals surface area contributed by atoms with Crippen LogP contribution in [0.15, 0.2) is 0 Å². The minimum atomic E-state index is -1.91. The van der Waals surface area contributed by atoms with Gasteiger partial charge >= 0.3 is 5.97 Å². The third-order valence-electron chi connectivity index (χ3n) is 2.16. The summed E-state index contributed by atoms with van der Waals surface area (Å²) >= 11 is 0. The molecule has 0 rings (SSSR count). The molecule has 2 atom stereocenters. The van der Waals surface area contributed by atoms with Gasteiger partial charge in [-0.15, -0.1) is 0 Å². The van der Waals surface area contributed by atoms with Gasteiger partial charge in [-0.05, 0) is 33.5 Å². The summed E-state index contributed by atoms with van der Waals surface area (Å²) in [4.78, 5) is 27.0. The van der Waals surface area contributed by atoms with Crippen molar-refractivity contribution >= 4 is 28.4 Å². The van der Waals surface area contributed by atoms with Crippen molar-refractivity contribution in [1.29, 1.82) is 0 Å². The highest BCUT2D eigenvalue weighted by molar-refractivity contribution is 6.73. The van der Waals surface area contributed by atoms with E-state index in [9.17, 15) is 9.59 Å². The van der Waals surface area contributed by atoms with E-state index in [1.54, 1.807) is 6.92 Å². The third kappa shape index (κ3) is 8.95. The number of hydrogen-bond donors (Lipinski definition) is 2. The van der Waals surface area contributed by atoms with Crippen LogP contribution < -0.4 is 10.3 Å². The van der Waals surface area contributed by atoms with Gasteiger partial charge in [0.2, 0.25) is 14.2 Å². The van der Waals surface area contributed by atoms with Crippen molar-refractivity contribution in [2.24, 2.45) is 0 Å². The third-order valence-corrected chi connectivity index (χ3v) is 4.27. The maximum absolute atomic E-state index is 12.0. The van der Waals surface area contributed by atoms with Crippen LogP contribution in [0.25, 0.3) is 0 Å². The van der Waals surface area contributed by atoms with Crippen LogP contribution in [0.3, 0.4) is 0 Å². The van der Waals surface area contributed by atoms with Gasteiger partial charge in [0.1, 0.15) is 14.3 Å². The summed E-state index contributed by atoms with van der Waals surface area (Å²) in [6, 6.07) is -0.904. The number of amides is 1. The smallest absolute Gasteiger partial charge is 0.315 e. The molecule has 2 N–H and O–H groups in total. The summed E-state index contributed by atoms with van der Waals surface area (Å²) in [7, 11) is -3.43. The quantitative estimate of drug-likeness (QED) is 0.733. The zero-order valence-electron chi connectivity index (χ0n) is 13.4. The number of carbonyl (C=O) groups is 2. The molecule has 0 aliphatic carbocycles. The minimum absolute atomic E-state index is 0.164. The van der Waals surface area contributed by atoms with Crippen LogP contribution >= 0.6 is 0 Å². The lowest BCUT2D eigenvalue weighted by atomic mass is 10.3. The molecular weight excluding hydrogens is 276 g/mol. The van der Waals surface area contributed by atoms with Crippen LogP contribution in [0.5, 0.6) is 0 Å². The lowest BCUT2D eigenvalue weighted by Gasteiger charge is -2.25. The van der Waals surface area contributed by atoms with Crippen LogP contribution in [0.4, 0.5) is 0 Å². The van der Waals surface area contributed by atoms with Crippen molar-refractivity contribution in [2.75, 3.05) is 0 Å². The number of hydrogen-bond acceptors (Lipinski definition) is 4. The Morgan fingerprint density at radius 3 is 1.79 bits per heavy atom. The second-order valence-corrected chi connectivity index (χ2v) is 16.1. The molecule has 0 aliphatic rings. The summed E-state index contributed by atoms with van der Waals surface area (Å²) in [5, 5.41) is 2.69. The molecule has 0 aromatic carbocycles. The Kier molecular flexibility index (Phi) is 6.43. The Morgan fingerprint density at radius 2 is 1.42 bits per heavy atom. The van der Waals surface area contributed by atoms with Crippen LogP contribution in [0.2, 0.25) is 39.3 Å². The van der Waals surface area contributed by atoms with Crippen LogP contribution in [0.1, 0.15) is 13.8 Å². The Hall–Kier alpha value is -0.666.